The van der Waals surface area contributed by atoms with E-state index >= 15 is 0 Å². The minimum atomic E-state index is -0.323. The minimum absolute atomic E-state index is 0.145. The Kier molecular flexibility index (Phi) is 4.11. The molecule has 4 nitrogen and oxygen atoms in total. The summed E-state index contributed by atoms with van der Waals surface area (Å²) in [5.41, 5.74) is 5.49. The molecule has 1 unspecified atom stereocenters. The first-order valence-electron chi connectivity index (χ1n) is 5.63. The van der Waals surface area contributed by atoms with Gasteiger partial charge in [0.25, 0.3) is 0 Å². The molecule has 3 N–H and O–H groups in total. The third-order valence-corrected chi connectivity index (χ3v) is 2.71. The van der Waals surface area contributed by atoms with Crippen molar-refractivity contribution in [3.05, 3.63) is 0 Å². The summed E-state index contributed by atoms with van der Waals surface area (Å²) in [7, 11) is 2.06. The van der Waals surface area contributed by atoms with E-state index in [-0.39, 0.29) is 17.4 Å². The van der Waals surface area contributed by atoms with Gasteiger partial charge in [-0.3, -0.25) is 4.79 Å². The Morgan fingerprint density at radius 2 is 2.27 bits per heavy atom. The fourth-order valence-corrected chi connectivity index (χ4v) is 1.84. The van der Waals surface area contributed by atoms with Crippen LogP contribution in [-0.4, -0.2) is 43.0 Å². The van der Waals surface area contributed by atoms with Crippen LogP contribution in [0.3, 0.4) is 0 Å². The number of nitrogens with two attached hydrogens (primary N) is 1. The lowest BCUT2D eigenvalue weighted by Crippen LogP contribution is -2.48. The van der Waals surface area contributed by atoms with Crippen LogP contribution in [0.5, 0.6) is 0 Å². The van der Waals surface area contributed by atoms with Crippen LogP contribution >= 0.6 is 0 Å². The molecule has 0 aromatic heterocycles. The summed E-state index contributed by atoms with van der Waals surface area (Å²) in [4.78, 5) is 14.0. The Labute approximate surface area is 92.2 Å². The Morgan fingerprint density at radius 1 is 1.60 bits per heavy atom. The van der Waals surface area contributed by atoms with Crippen molar-refractivity contribution in [3.8, 4) is 0 Å². The zero-order valence-electron chi connectivity index (χ0n) is 10.0. The van der Waals surface area contributed by atoms with Gasteiger partial charge in [0.1, 0.15) is 0 Å². The molecular formula is C11H23N3O. The van der Waals surface area contributed by atoms with E-state index in [4.69, 9.17) is 5.73 Å². The maximum absolute atomic E-state index is 11.8. The zero-order chi connectivity index (χ0) is 11.5. The zero-order valence-corrected chi connectivity index (χ0v) is 10.0. The van der Waals surface area contributed by atoms with E-state index < -0.39 is 0 Å². The highest BCUT2D eigenvalue weighted by molar-refractivity contribution is 5.79. The van der Waals surface area contributed by atoms with Gasteiger partial charge in [-0.25, -0.2) is 0 Å². The quantitative estimate of drug-likeness (QED) is 0.703. The highest BCUT2D eigenvalue weighted by Crippen LogP contribution is 2.14. The van der Waals surface area contributed by atoms with Crippen molar-refractivity contribution in [1.29, 1.82) is 0 Å². The third kappa shape index (κ3) is 4.62. The minimum Gasteiger partial charge on any atom is -0.354 e. The van der Waals surface area contributed by atoms with Crippen LogP contribution in [0.4, 0.5) is 0 Å². The van der Waals surface area contributed by atoms with Crippen molar-refractivity contribution in [2.24, 2.45) is 11.7 Å². The number of hydrogen-bond acceptors (Lipinski definition) is 3. The van der Waals surface area contributed by atoms with Gasteiger partial charge in [0.05, 0.1) is 5.92 Å². The summed E-state index contributed by atoms with van der Waals surface area (Å²) in [6, 6.07) is 0. The molecule has 1 saturated heterocycles. The maximum Gasteiger partial charge on any atom is 0.224 e. The molecule has 1 heterocycles. The van der Waals surface area contributed by atoms with Gasteiger partial charge < -0.3 is 16.0 Å². The number of nitrogens with zero attached hydrogens (tertiary/aromatic N) is 1. The molecule has 0 spiro atoms. The van der Waals surface area contributed by atoms with Crippen molar-refractivity contribution in [2.45, 2.75) is 32.2 Å². The standard InChI is InChI=1S/C11H23N3O/c1-11(2,12)8-13-10(15)9-5-4-6-14(3)7-9/h9H,4-8,12H2,1-3H3,(H,13,15). The van der Waals surface area contributed by atoms with Gasteiger partial charge in [-0.1, -0.05) is 0 Å². The van der Waals surface area contributed by atoms with Crippen molar-refractivity contribution in [2.75, 3.05) is 26.7 Å². The lowest BCUT2D eigenvalue weighted by molar-refractivity contribution is -0.126. The van der Waals surface area contributed by atoms with Gasteiger partial charge in [0.15, 0.2) is 0 Å². The highest BCUT2D eigenvalue weighted by Gasteiger charge is 2.24. The molecule has 1 aliphatic heterocycles. The van der Waals surface area contributed by atoms with Gasteiger partial charge >= 0.3 is 0 Å². The molecular weight excluding hydrogens is 190 g/mol. The van der Waals surface area contributed by atoms with Crippen LogP contribution in [0.2, 0.25) is 0 Å². The van der Waals surface area contributed by atoms with Crippen molar-refractivity contribution in [3.63, 3.8) is 0 Å². The predicted molar refractivity (Wildman–Crippen MR) is 61.5 cm³/mol. The van der Waals surface area contributed by atoms with E-state index in [1.54, 1.807) is 0 Å². The van der Waals surface area contributed by atoms with Crippen LogP contribution in [0.15, 0.2) is 0 Å². The molecule has 0 aromatic carbocycles. The van der Waals surface area contributed by atoms with Gasteiger partial charge in [-0.05, 0) is 40.3 Å². The van der Waals surface area contributed by atoms with Crippen LogP contribution in [-0.2, 0) is 4.79 Å². The molecule has 88 valence electrons. The van der Waals surface area contributed by atoms with Crippen LogP contribution in [0, 0.1) is 5.92 Å². The monoisotopic (exact) mass is 213 g/mol. The summed E-state index contributed by atoms with van der Waals surface area (Å²) in [5.74, 6) is 0.297. The lowest BCUT2D eigenvalue weighted by Gasteiger charge is -2.29. The van der Waals surface area contributed by atoms with Crippen molar-refractivity contribution in [1.82, 2.24) is 10.2 Å². The number of likely N-dealkylation sites (tertiary alicyclic amines) is 1. The molecule has 0 aromatic rings. The number of piperidine rings is 1. The van der Waals surface area contributed by atoms with Gasteiger partial charge in [0, 0.05) is 18.6 Å². The molecule has 1 amide bonds. The lowest BCUT2D eigenvalue weighted by atomic mass is 9.97. The van der Waals surface area contributed by atoms with E-state index in [9.17, 15) is 4.79 Å². The second kappa shape index (κ2) is 4.94. The molecule has 0 saturated carbocycles. The summed E-state index contributed by atoms with van der Waals surface area (Å²) in [6.07, 6.45) is 2.11. The number of carbonyl (C=O) groups is 1. The van der Waals surface area contributed by atoms with Gasteiger partial charge in [-0.15, -0.1) is 0 Å². The Hall–Kier alpha value is -0.610. The Morgan fingerprint density at radius 3 is 2.80 bits per heavy atom. The number of carbonyl (C=O) groups excluding carboxylic acids is 1. The van der Waals surface area contributed by atoms with Crippen LogP contribution < -0.4 is 11.1 Å². The van der Waals surface area contributed by atoms with Crippen molar-refractivity contribution >= 4 is 5.91 Å². The average molecular weight is 213 g/mol. The molecule has 0 radical (unpaired) electrons. The largest absolute Gasteiger partial charge is 0.354 e. The fourth-order valence-electron chi connectivity index (χ4n) is 1.84. The topological polar surface area (TPSA) is 58.4 Å². The van der Waals surface area contributed by atoms with E-state index in [1.807, 2.05) is 13.8 Å². The van der Waals surface area contributed by atoms with Crippen LogP contribution in [0.25, 0.3) is 0 Å². The fraction of sp³-hybridized carbons (Fsp3) is 0.909. The Balaban J connectivity index is 2.33. The smallest absolute Gasteiger partial charge is 0.224 e. The molecule has 1 rings (SSSR count). The summed E-state index contributed by atoms with van der Waals surface area (Å²) in [6.45, 7) is 6.36. The van der Waals surface area contributed by atoms with Gasteiger partial charge in [0.2, 0.25) is 5.91 Å². The number of rotatable bonds is 3. The molecule has 0 aliphatic carbocycles. The number of amides is 1. The molecule has 0 bridgehead atoms. The molecule has 4 heteroatoms. The predicted octanol–water partition coefficient (Wildman–Crippen LogP) is 0.182. The van der Waals surface area contributed by atoms with E-state index in [0.717, 1.165) is 25.9 Å². The van der Waals surface area contributed by atoms with E-state index in [2.05, 4.69) is 17.3 Å². The van der Waals surface area contributed by atoms with Crippen molar-refractivity contribution < 1.29 is 4.79 Å². The maximum atomic E-state index is 11.8. The van der Waals surface area contributed by atoms with Gasteiger partial charge in [-0.2, -0.15) is 0 Å². The van der Waals surface area contributed by atoms with Crippen LogP contribution in [0.1, 0.15) is 26.7 Å². The molecule has 15 heavy (non-hydrogen) atoms. The van der Waals surface area contributed by atoms with E-state index in [1.165, 1.54) is 0 Å². The first kappa shape index (κ1) is 12.5. The average Bonchev–Trinajstić information content (AvgIpc) is 2.13. The second-order valence-electron chi connectivity index (χ2n) is 5.31. The summed E-state index contributed by atoms with van der Waals surface area (Å²) < 4.78 is 0. The molecule has 1 atom stereocenters. The number of nitrogens with one attached hydrogen (secondary N) is 1. The highest BCUT2D eigenvalue weighted by atomic mass is 16.1. The normalized spacial score (nSPS) is 23.9. The molecule has 1 fully saturated rings. The second-order valence-corrected chi connectivity index (χ2v) is 5.31. The SMILES string of the molecule is CN1CCCC(C(=O)NCC(C)(C)N)C1. The first-order chi connectivity index (χ1) is 6.88. The summed E-state index contributed by atoms with van der Waals surface area (Å²) >= 11 is 0. The third-order valence-electron chi connectivity index (χ3n) is 2.71. The first-order valence-corrected chi connectivity index (χ1v) is 5.63. The summed E-state index contributed by atoms with van der Waals surface area (Å²) in [5, 5.41) is 2.92. The molecule has 1 aliphatic rings. The number of hydrogen-bond donors (Lipinski definition) is 2. The Bertz CT molecular complexity index is 222. The van der Waals surface area contributed by atoms with E-state index in [0.29, 0.717) is 6.54 Å².